The molecule has 0 aromatic carbocycles. The number of carbonyl (C=O) groups excluding carboxylic acids is 3. The van der Waals surface area contributed by atoms with Gasteiger partial charge in [-0.15, -0.1) is 0 Å². The van der Waals surface area contributed by atoms with Gasteiger partial charge in [0.05, 0.1) is 17.4 Å². The predicted octanol–water partition coefficient (Wildman–Crippen LogP) is 1.09. The van der Waals surface area contributed by atoms with Crippen LogP contribution < -0.4 is 21.7 Å². The van der Waals surface area contributed by atoms with Crippen molar-refractivity contribution in [3.63, 3.8) is 0 Å². The second kappa shape index (κ2) is 6.69. The molecule has 4 amide bonds. The maximum atomic E-state index is 11.8. The molecule has 2 aromatic heterocycles. The fraction of sp³-hybridized carbons (Fsp3) is 0.214. The van der Waals surface area contributed by atoms with Crippen molar-refractivity contribution in [3.05, 3.63) is 46.8 Å². The first-order valence-corrected chi connectivity index (χ1v) is 6.66. The molecule has 0 saturated heterocycles. The van der Waals surface area contributed by atoms with E-state index in [1.807, 2.05) is 0 Å². The van der Waals surface area contributed by atoms with Crippen LogP contribution >= 0.6 is 0 Å². The molecule has 0 radical (unpaired) electrons. The minimum absolute atomic E-state index is 0.291. The lowest BCUT2D eigenvalue weighted by molar-refractivity contribution is 0.0927. The maximum Gasteiger partial charge on any atom is 0.352 e. The first-order chi connectivity index (χ1) is 10.9. The van der Waals surface area contributed by atoms with E-state index in [2.05, 4.69) is 21.7 Å². The van der Waals surface area contributed by atoms with Crippen molar-refractivity contribution < 1.29 is 23.2 Å². The van der Waals surface area contributed by atoms with Crippen LogP contribution in [0.3, 0.4) is 0 Å². The molecule has 0 unspecified atom stereocenters. The quantitative estimate of drug-likeness (QED) is 0.616. The molecule has 4 N–H and O–H groups in total. The summed E-state index contributed by atoms with van der Waals surface area (Å²) in [5.74, 6) is 0.361. The Kier molecular flexibility index (Phi) is 4.69. The number of hydrazine groups is 2. The number of hydrogen-bond acceptors (Lipinski definition) is 5. The Morgan fingerprint density at radius 3 is 1.96 bits per heavy atom. The second-order valence-electron chi connectivity index (χ2n) is 4.70. The average Bonchev–Trinajstić information content (AvgIpc) is 3.07. The standard InChI is InChI=1S/C14H16N4O5/c1-7-6-11(9(3)23-7)13(20)16-18-14(21)17-15-12(19)10-4-5-22-8(10)2/h4-6H,1-3H3,(H,15,19)(H,16,20)(H2,17,18,21). The van der Waals surface area contributed by atoms with Gasteiger partial charge in [0.1, 0.15) is 17.3 Å². The van der Waals surface area contributed by atoms with Crippen molar-refractivity contribution in [1.82, 2.24) is 21.7 Å². The third-order valence-corrected chi connectivity index (χ3v) is 2.97. The molecule has 9 nitrogen and oxygen atoms in total. The molecule has 0 saturated carbocycles. The van der Waals surface area contributed by atoms with E-state index in [-0.39, 0.29) is 0 Å². The Labute approximate surface area is 131 Å². The lowest BCUT2D eigenvalue weighted by atomic mass is 10.2. The van der Waals surface area contributed by atoms with Crippen molar-refractivity contribution in [2.24, 2.45) is 0 Å². The number of nitrogens with one attached hydrogen (secondary N) is 4. The number of hydrogen-bond donors (Lipinski definition) is 4. The summed E-state index contributed by atoms with van der Waals surface area (Å²) in [7, 11) is 0. The van der Waals surface area contributed by atoms with E-state index in [1.165, 1.54) is 12.3 Å². The van der Waals surface area contributed by atoms with Gasteiger partial charge in [-0.25, -0.2) is 15.6 Å². The van der Waals surface area contributed by atoms with E-state index in [9.17, 15) is 14.4 Å². The number of urea groups is 1. The third kappa shape index (κ3) is 3.90. The van der Waals surface area contributed by atoms with Gasteiger partial charge in [0.25, 0.3) is 11.8 Å². The number of rotatable bonds is 2. The van der Waals surface area contributed by atoms with Crippen LogP contribution in [-0.2, 0) is 0 Å². The van der Waals surface area contributed by atoms with Crippen LogP contribution in [0.15, 0.2) is 27.2 Å². The molecule has 0 fully saturated rings. The zero-order valence-corrected chi connectivity index (χ0v) is 12.8. The summed E-state index contributed by atoms with van der Waals surface area (Å²) in [5.41, 5.74) is 9.16. The van der Waals surface area contributed by atoms with Gasteiger partial charge in [0.2, 0.25) is 0 Å². The summed E-state index contributed by atoms with van der Waals surface area (Å²) in [6.45, 7) is 4.96. The number of amides is 4. The van der Waals surface area contributed by atoms with Crippen LogP contribution in [0, 0.1) is 20.8 Å². The summed E-state index contributed by atoms with van der Waals surface area (Å²) in [6.07, 6.45) is 1.36. The first-order valence-electron chi connectivity index (χ1n) is 6.66. The van der Waals surface area contributed by atoms with E-state index >= 15 is 0 Å². The summed E-state index contributed by atoms with van der Waals surface area (Å²) in [5, 5.41) is 0. The highest BCUT2D eigenvalue weighted by Gasteiger charge is 2.15. The zero-order chi connectivity index (χ0) is 17.0. The van der Waals surface area contributed by atoms with Gasteiger partial charge in [0, 0.05) is 0 Å². The largest absolute Gasteiger partial charge is 0.469 e. The molecule has 9 heteroatoms. The van der Waals surface area contributed by atoms with Crippen molar-refractivity contribution in [3.8, 4) is 0 Å². The van der Waals surface area contributed by atoms with Gasteiger partial charge in [-0.1, -0.05) is 0 Å². The Morgan fingerprint density at radius 1 is 0.870 bits per heavy atom. The molecule has 2 rings (SSSR count). The van der Waals surface area contributed by atoms with Crippen molar-refractivity contribution in [2.45, 2.75) is 20.8 Å². The summed E-state index contributed by atoms with van der Waals surface area (Å²) < 4.78 is 10.2. The highest BCUT2D eigenvalue weighted by Crippen LogP contribution is 2.12. The average molecular weight is 320 g/mol. The molecular formula is C14H16N4O5. The zero-order valence-electron chi connectivity index (χ0n) is 12.8. The van der Waals surface area contributed by atoms with Crippen LogP contribution in [0.2, 0.25) is 0 Å². The highest BCUT2D eigenvalue weighted by atomic mass is 16.3. The second-order valence-corrected chi connectivity index (χ2v) is 4.70. The van der Waals surface area contributed by atoms with E-state index in [1.54, 1.807) is 26.8 Å². The number of carbonyl (C=O) groups is 3. The lowest BCUT2D eigenvalue weighted by Crippen LogP contribution is -2.52. The van der Waals surface area contributed by atoms with E-state index < -0.39 is 17.8 Å². The molecule has 0 aliphatic rings. The minimum Gasteiger partial charge on any atom is -0.469 e. The SMILES string of the molecule is Cc1cc(C(=O)NNC(=O)NNC(=O)c2ccoc2C)c(C)o1. The molecule has 2 aromatic rings. The fourth-order valence-electron chi connectivity index (χ4n) is 1.87. The first kappa shape index (κ1) is 16.1. The van der Waals surface area contributed by atoms with Gasteiger partial charge in [-0.05, 0) is 32.9 Å². The monoisotopic (exact) mass is 320 g/mol. The van der Waals surface area contributed by atoms with Crippen molar-refractivity contribution in [2.75, 3.05) is 0 Å². The topological polar surface area (TPSA) is 126 Å². The lowest BCUT2D eigenvalue weighted by Gasteiger charge is -2.09. The normalized spacial score (nSPS) is 10.0. The Morgan fingerprint density at radius 2 is 1.48 bits per heavy atom. The molecular weight excluding hydrogens is 304 g/mol. The molecule has 0 bridgehead atoms. The third-order valence-electron chi connectivity index (χ3n) is 2.97. The number of furan rings is 2. The van der Waals surface area contributed by atoms with Gasteiger partial charge < -0.3 is 8.83 Å². The minimum atomic E-state index is -0.814. The summed E-state index contributed by atoms with van der Waals surface area (Å²) >= 11 is 0. The number of aryl methyl sites for hydroxylation is 3. The molecule has 0 spiro atoms. The van der Waals surface area contributed by atoms with Gasteiger partial charge >= 0.3 is 6.03 Å². The highest BCUT2D eigenvalue weighted by molar-refractivity contribution is 5.97. The van der Waals surface area contributed by atoms with E-state index in [4.69, 9.17) is 8.83 Å². The van der Waals surface area contributed by atoms with Crippen molar-refractivity contribution >= 4 is 17.8 Å². The van der Waals surface area contributed by atoms with Crippen LogP contribution in [0.4, 0.5) is 4.79 Å². The van der Waals surface area contributed by atoms with Gasteiger partial charge in [0.15, 0.2) is 0 Å². The Bertz CT molecular complexity index is 746. The van der Waals surface area contributed by atoms with E-state index in [0.29, 0.717) is 28.4 Å². The Balaban J connectivity index is 1.79. The predicted molar refractivity (Wildman–Crippen MR) is 78.2 cm³/mol. The summed E-state index contributed by atoms with van der Waals surface area (Å²) in [6, 6.07) is 2.20. The van der Waals surface area contributed by atoms with E-state index in [0.717, 1.165) is 0 Å². The molecule has 0 aliphatic carbocycles. The smallest absolute Gasteiger partial charge is 0.352 e. The Hall–Kier alpha value is -3.23. The molecule has 0 atom stereocenters. The fourth-order valence-corrected chi connectivity index (χ4v) is 1.87. The van der Waals surface area contributed by atoms with Crippen LogP contribution in [0.25, 0.3) is 0 Å². The molecule has 2 heterocycles. The van der Waals surface area contributed by atoms with Gasteiger partial charge in [-0.2, -0.15) is 0 Å². The van der Waals surface area contributed by atoms with Crippen molar-refractivity contribution in [1.29, 1.82) is 0 Å². The molecule has 23 heavy (non-hydrogen) atoms. The van der Waals surface area contributed by atoms with Crippen LogP contribution in [0.5, 0.6) is 0 Å². The summed E-state index contributed by atoms with van der Waals surface area (Å²) in [4.78, 5) is 35.1. The van der Waals surface area contributed by atoms with Crippen LogP contribution in [-0.4, -0.2) is 17.8 Å². The molecule has 0 aliphatic heterocycles. The van der Waals surface area contributed by atoms with Crippen LogP contribution in [0.1, 0.15) is 38.0 Å². The van der Waals surface area contributed by atoms with Gasteiger partial charge in [-0.3, -0.25) is 20.4 Å². The maximum absolute atomic E-state index is 11.8. The molecule has 122 valence electrons.